The fraction of sp³-hybridized carbons (Fsp3) is 0.417. The number of β-amino-alcohol motifs (C(OH)–C–C–N with tert-alkyl or cyclic N) is 1. The summed E-state index contributed by atoms with van der Waals surface area (Å²) < 4.78 is 36.0. The number of piperidine rings is 1. The molecule has 11 heteroatoms. The minimum absolute atomic E-state index is 0.0156. The third-order valence-corrected chi connectivity index (χ3v) is 7.82. The average molecular weight is 520 g/mol. The molecule has 2 atom stereocenters. The molecule has 1 fully saturated rings. The molecule has 0 aromatic heterocycles. The van der Waals surface area contributed by atoms with Crippen molar-refractivity contribution in [1.82, 2.24) is 14.0 Å². The van der Waals surface area contributed by atoms with Crippen LogP contribution in [0, 0.1) is 0 Å². The Labute approximate surface area is 211 Å². The highest BCUT2D eigenvalue weighted by atomic mass is 35.5. The number of aliphatic hydroxyl groups is 1. The summed E-state index contributed by atoms with van der Waals surface area (Å²) in [5, 5.41) is 18.4. The Morgan fingerprint density at radius 1 is 1.26 bits per heavy atom. The number of hydrazone groups is 1. The first kappa shape index (κ1) is 25.6. The maximum Gasteiger partial charge on any atom is 0.304 e. The van der Waals surface area contributed by atoms with Crippen LogP contribution in [0.3, 0.4) is 0 Å². The van der Waals surface area contributed by atoms with Gasteiger partial charge in [-0.05, 0) is 37.5 Å². The molecular weight excluding hydrogens is 490 g/mol. The molecule has 0 amide bonds. The molecule has 2 aromatic rings. The second-order valence-electron chi connectivity index (χ2n) is 8.47. The smallest absolute Gasteiger partial charge is 0.304 e. The summed E-state index contributed by atoms with van der Waals surface area (Å²) in [4.78, 5) is 4.16. The zero-order valence-electron chi connectivity index (χ0n) is 19.8. The molecule has 2 unspecified atom stereocenters. The lowest BCUT2D eigenvalue weighted by molar-refractivity contribution is 0.0263. The van der Waals surface area contributed by atoms with Crippen molar-refractivity contribution in [3.05, 3.63) is 70.7 Å². The zero-order chi connectivity index (χ0) is 25.1. The molecule has 2 aliphatic heterocycles. The van der Waals surface area contributed by atoms with Gasteiger partial charge >= 0.3 is 10.2 Å². The molecule has 1 saturated heterocycles. The van der Waals surface area contributed by atoms with Crippen LogP contribution in [0.1, 0.15) is 30.9 Å². The Morgan fingerprint density at radius 2 is 1.97 bits per heavy atom. The van der Waals surface area contributed by atoms with Crippen molar-refractivity contribution in [1.29, 1.82) is 0 Å². The number of ether oxygens (including phenoxy) is 1. The second-order valence-corrected chi connectivity index (χ2v) is 10.6. The molecule has 35 heavy (non-hydrogen) atoms. The number of nitrogens with one attached hydrogen (secondary N) is 1. The van der Waals surface area contributed by atoms with Gasteiger partial charge in [0.2, 0.25) is 5.96 Å². The molecular formula is C24H30ClN5O4S. The lowest BCUT2D eigenvalue weighted by atomic mass is 9.86. The van der Waals surface area contributed by atoms with E-state index < -0.39 is 15.8 Å². The SMILES string of the molecule is CCOC1CCCN(S(=O)(=O)NC(=NC)N2CC(O)(c3ccccc3)C(c3ccc(Cl)cc3)=N2)C1. The minimum Gasteiger partial charge on any atom is -0.377 e. The molecule has 9 nitrogen and oxygen atoms in total. The first-order valence-corrected chi connectivity index (χ1v) is 13.4. The highest BCUT2D eigenvalue weighted by molar-refractivity contribution is 7.87. The Kier molecular flexibility index (Phi) is 7.77. The monoisotopic (exact) mass is 519 g/mol. The van der Waals surface area contributed by atoms with Gasteiger partial charge in [-0.15, -0.1) is 0 Å². The van der Waals surface area contributed by atoms with Crippen LogP contribution in [-0.2, 0) is 20.5 Å². The fourth-order valence-electron chi connectivity index (χ4n) is 4.39. The van der Waals surface area contributed by atoms with Gasteiger partial charge in [-0.3, -0.25) is 4.99 Å². The van der Waals surface area contributed by atoms with Gasteiger partial charge in [-0.25, -0.2) is 9.73 Å². The quantitative estimate of drug-likeness (QED) is 0.450. The highest BCUT2D eigenvalue weighted by Crippen LogP contribution is 2.33. The first-order valence-electron chi connectivity index (χ1n) is 11.5. The largest absolute Gasteiger partial charge is 0.377 e. The number of hydrogen-bond donors (Lipinski definition) is 2. The highest BCUT2D eigenvalue weighted by Gasteiger charge is 2.45. The number of halogens is 1. The topological polar surface area (TPSA) is 107 Å². The van der Waals surface area contributed by atoms with Crippen molar-refractivity contribution >= 4 is 33.5 Å². The van der Waals surface area contributed by atoms with E-state index in [4.69, 9.17) is 16.3 Å². The summed E-state index contributed by atoms with van der Waals surface area (Å²) in [5.41, 5.74) is 0.166. The normalized spacial score (nSPS) is 23.9. The number of nitrogens with zero attached hydrogens (tertiary/aromatic N) is 4. The third-order valence-electron chi connectivity index (χ3n) is 6.12. The van der Waals surface area contributed by atoms with E-state index in [1.54, 1.807) is 24.3 Å². The molecule has 0 aliphatic carbocycles. The van der Waals surface area contributed by atoms with Gasteiger partial charge in [0.1, 0.15) is 5.71 Å². The van der Waals surface area contributed by atoms with Crippen molar-refractivity contribution in [2.75, 3.05) is 33.3 Å². The van der Waals surface area contributed by atoms with E-state index in [-0.39, 0.29) is 25.2 Å². The molecule has 0 bridgehead atoms. The summed E-state index contributed by atoms with van der Waals surface area (Å²) in [5.74, 6) is 0.0156. The number of hydrogen-bond acceptors (Lipinski definition) is 6. The van der Waals surface area contributed by atoms with Crippen LogP contribution in [0.2, 0.25) is 5.02 Å². The molecule has 0 radical (unpaired) electrons. The van der Waals surface area contributed by atoms with Gasteiger partial charge in [-0.2, -0.15) is 17.8 Å². The standard InChI is InChI=1S/C24H30ClN5O4S/c1-3-34-21-10-7-15-29(16-21)35(32,33)28-23(26-2)30-17-24(31,19-8-5-4-6-9-19)22(27-30)18-11-13-20(25)14-12-18/h4-6,8-9,11-14,21,31H,3,7,10,15-17H2,1-2H3,(H,26,28). The van der Waals surface area contributed by atoms with Gasteiger partial charge in [0.15, 0.2) is 5.60 Å². The summed E-state index contributed by atoms with van der Waals surface area (Å²) in [6.07, 6.45) is 1.39. The molecule has 2 aliphatic rings. The van der Waals surface area contributed by atoms with E-state index in [1.165, 1.54) is 16.4 Å². The molecule has 0 spiro atoms. The maximum absolute atomic E-state index is 13.2. The van der Waals surface area contributed by atoms with Gasteiger partial charge < -0.3 is 9.84 Å². The van der Waals surface area contributed by atoms with Crippen LogP contribution in [0.15, 0.2) is 64.7 Å². The fourth-order valence-corrected chi connectivity index (χ4v) is 5.80. The van der Waals surface area contributed by atoms with E-state index in [0.717, 1.165) is 6.42 Å². The lowest BCUT2D eigenvalue weighted by Crippen LogP contribution is -2.52. The number of aliphatic imine (C=N–C) groups is 1. The first-order chi connectivity index (χ1) is 16.8. The summed E-state index contributed by atoms with van der Waals surface area (Å²) >= 11 is 6.06. The van der Waals surface area contributed by atoms with Gasteiger partial charge in [0, 0.05) is 37.3 Å². The van der Waals surface area contributed by atoms with E-state index in [0.29, 0.717) is 41.4 Å². The predicted octanol–water partition coefficient (Wildman–Crippen LogP) is 2.57. The number of rotatable bonds is 6. The van der Waals surface area contributed by atoms with E-state index in [1.807, 2.05) is 37.3 Å². The van der Waals surface area contributed by atoms with E-state index >= 15 is 0 Å². The van der Waals surface area contributed by atoms with Crippen molar-refractivity contribution in [3.63, 3.8) is 0 Å². The summed E-state index contributed by atoms with van der Waals surface area (Å²) in [6.45, 7) is 3.06. The molecule has 2 heterocycles. The molecule has 2 N–H and O–H groups in total. The minimum atomic E-state index is -3.91. The Bertz CT molecular complexity index is 1190. The van der Waals surface area contributed by atoms with Crippen molar-refractivity contribution in [2.24, 2.45) is 10.1 Å². The molecule has 188 valence electrons. The second kappa shape index (κ2) is 10.6. The average Bonchev–Trinajstić information content (AvgIpc) is 3.22. The summed E-state index contributed by atoms with van der Waals surface area (Å²) in [6, 6.07) is 16.1. The predicted molar refractivity (Wildman–Crippen MR) is 137 cm³/mol. The van der Waals surface area contributed by atoms with Gasteiger partial charge in [0.25, 0.3) is 0 Å². The van der Waals surface area contributed by atoms with Crippen molar-refractivity contribution in [2.45, 2.75) is 31.5 Å². The van der Waals surface area contributed by atoms with Gasteiger partial charge in [0.05, 0.1) is 12.6 Å². The van der Waals surface area contributed by atoms with Crippen LogP contribution >= 0.6 is 11.6 Å². The van der Waals surface area contributed by atoms with E-state index in [2.05, 4.69) is 14.8 Å². The van der Waals surface area contributed by atoms with Crippen LogP contribution in [-0.4, -0.2) is 73.9 Å². The van der Waals surface area contributed by atoms with Crippen LogP contribution in [0.4, 0.5) is 0 Å². The molecule has 2 aromatic carbocycles. The van der Waals surface area contributed by atoms with E-state index in [9.17, 15) is 13.5 Å². The van der Waals surface area contributed by atoms with Crippen molar-refractivity contribution in [3.8, 4) is 0 Å². The van der Waals surface area contributed by atoms with Crippen molar-refractivity contribution < 1.29 is 18.3 Å². The molecule has 4 rings (SSSR count). The molecule has 0 saturated carbocycles. The zero-order valence-corrected chi connectivity index (χ0v) is 21.3. The Morgan fingerprint density at radius 3 is 2.63 bits per heavy atom. The Hall–Kier alpha value is -2.50. The van der Waals surface area contributed by atoms with Crippen LogP contribution < -0.4 is 4.72 Å². The maximum atomic E-state index is 13.2. The van der Waals surface area contributed by atoms with Gasteiger partial charge in [-0.1, -0.05) is 54.1 Å². The van der Waals surface area contributed by atoms with Crippen LogP contribution in [0.5, 0.6) is 0 Å². The number of guanidine groups is 1. The number of benzene rings is 2. The summed E-state index contributed by atoms with van der Waals surface area (Å²) in [7, 11) is -2.43. The van der Waals surface area contributed by atoms with Crippen LogP contribution in [0.25, 0.3) is 0 Å². The Balaban J connectivity index is 1.63. The third kappa shape index (κ3) is 5.52. The lowest BCUT2D eigenvalue weighted by Gasteiger charge is -2.32.